The van der Waals surface area contributed by atoms with Gasteiger partial charge in [0.2, 0.25) is 0 Å². The fourth-order valence-electron chi connectivity index (χ4n) is 1.38. The van der Waals surface area contributed by atoms with Crippen LogP contribution in [-0.2, 0) is 0 Å². The highest BCUT2D eigenvalue weighted by Gasteiger charge is 2.16. The van der Waals surface area contributed by atoms with Gasteiger partial charge in [0.15, 0.2) is 0 Å². The molecule has 1 radical (unpaired) electrons. The third-order valence-corrected chi connectivity index (χ3v) is 2.03. The van der Waals surface area contributed by atoms with E-state index in [0.29, 0.717) is 6.17 Å². The molecule has 0 spiro atoms. The molecule has 1 aliphatic rings. The Hall–Kier alpha value is -0.0800. The third-order valence-electron chi connectivity index (χ3n) is 2.03. The standard InChI is InChI=1S/C7H15N2/c1-8-7-5-3-4-6-9(7)2/h7H,3-6H2,1-2H3. The van der Waals surface area contributed by atoms with Crippen LogP contribution >= 0.6 is 0 Å². The smallest absolute Gasteiger partial charge is 0.0755 e. The SMILES string of the molecule is C[N]C1CCCCN1C. The zero-order valence-corrected chi connectivity index (χ0v) is 6.30. The average Bonchev–Trinajstić information content (AvgIpc) is 1.89. The van der Waals surface area contributed by atoms with Crippen LogP contribution in [0.15, 0.2) is 0 Å². The minimum absolute atomic E-state index is 0.513. The lowest BCUT2D eigenvalue weighted by Gasteiger charge is -2.30. The normalized spacial score (nSPS) is 30.7. The molecule has 2 heteroatoms. The van der Waals surface area contributed by atoms with Crippen LogP contribution in [0.1, 0.15) is 19.3 Å². The van der Waals surface area contributed by atoms with Crippen molar-refractivity contribution in [2.45, 2.75) is 25.4 Å². The van der Waals surface area contributed by atoms with Crippen LogP contribution < -0.4 is 5.32 Å². The van der Waals surface area contributed by atoms with E-state index < -0.39 is 0 Å². The zero-order valence-electron chi connectivity index (χ0n) is 6.30. The van der Waals surface area contributed by atoms with Crippen LogP contribution in [0.25, 0.3) is 0 Å². The summed E-state index contributed by atoms with van der Waals surface area (Å²) < 4.78 is 0. The lowest BCUT2D eigenvalue weighted by molar-refractivity contribution is 0.159. The maximum atomic E-state index is 4.25. The van der Waals surface area contributed by atoms with E-state index in [1.165, 1.54) is 25.8 Å². The first kappa shape index (κ1) is 7.03. The Bertz CT molecular complexity index is 83.0. The van der Waals surface area contributed by atoms with E-state index in [2.05, 4.69) is 17.3 Å². The van der Waals surface area contributed by atoms with E-state index in [-0.39, 0.29) is 0 Å². The quantitative estimate of drug-likeness (QED) is 0.506. The minimum atomic E-state index is 0.513. The fourth-order valence-corrected chi connectivity index (χ4v) is 1.38. The molecule has 1 heterocycles. The number of hydrogen-bond donors (Lipinski definition) is 0. The number of likely N-dealkylation sites (tertiary alicyclic amines) is 1. The highest BCUT2D eigenvalue weighted by Crippen LogP contribution is 2.12. The summed E-state index contributed by atoms with van der Waals surface area (Å²) >= 11 is 0. The van der Waals surface area contributed by atoms with Crippen molar-refractivity contribution in [3.63, 3.8) is 0 Å². The summed E-state index contributed by atoms with van der Waals surface area (Å²) in [6, 6.07) is 0. The monoisotopic (exact) mass is 127 g/mol. The van der Waals surface area contributed by atoms with Gasteiger partial charge in [0.05, 0.1) is 6.17 Å². The summed E-state index contributed by atoms with van der Waals surface area (Å²) in [5.74, 6) is 0. The zero-order chi connectivity index (χ0) is 6.69. The van der Waals surface area contributed by atoms with Gasteiger partial charge in [-0.1, -0.05) is 0 Å². The summed E-state index contributed by atoms with van der Waals surface area (Å²) in [4.78, 5) is 2.32. The molecular formula is C7H15N2. The van der Waals surface area contributed by atoms with Gasteiger partial charge >= 0.3 is 0 Å². The maximum Gasteiger partial charge on any atom is 0.0755 e. The average molecular weight is 127 g/mol. The van der Waals surface area contributed by atoms with Crippen molar-refractivity contribution >= 4 is 0 Å². The van der Waals surface area contributed by atoms with E-state index in [0.717, 1.165) is 0 Å². The first-order valence-corrected chi connectivity index (χ1v) is 3.64. The molecule has 0 N–H and O–H groups in total. The van der Waals surface area contributed by atoms with Crippen LogP contribution in [0.5, 0.6) is 0 Å². The van der Waals surface area contributed by atoms with Gasteiger partial charge in [-0.3, -0.25) is 4.90 Å². The molecule has 1 fully saturated rings. The first-order valence-electron chi connectivity index (χ1n) is 3.64. The summed E-state index contributed by atoms with van der Waals surface area (Å²) in [5.41, 5.74) is 0. The van der Waals surface area contributed by atoms with Gasteiger partial charge in [-0.15, -0.1) is 0 Å². The van der Waals surface area contributed by atoms with Crippen molar-refractivity contribution < 1.29 is 0 Å². The van der Waals surface area contributed by atoms with Gasteiger partial charge in [0.1, 0.15) is 0 Å². The van der Waals surface area contributed by atoms with Crippen LogP contribution in [-0.4, -0.2) is 31.7 Å². The van der Waals surface area contributed by atoms with Crippen LogP contribution in [0.3, 0.4) is 0 Å². The summed E-state index contributed by atoms with van der Waals surface area (Å²) in [6.45, 7) is 1.22. The third kappa shape index (κ3) is 1.66. The van der Waals surface area contributed by atoms with E-state index in [1.54, 1.807) is 0 Å². The minimum Gasteiger partial charge on any atom is -0.290 e. The Kier molecular flexibility index (Phi) is 2.49. The lowest BCUT2D eigenvalue weighted by Crippen LogP contribution is -2.41. The van der Waals surface area contributed by atoms with E-state index in [9.17, 15) is 0 Å². The molecule has 0 aromatic carbocycles. The van der Waals surface area contributed by atoms with Crippen LogP contribution in [0.4, 0.5) is 0 Å². The summed E-state index contributed by atoms with van der Waals surface area (Å²) in [6.07, 6.45) is 4.47. The number of rotatable bonds is 1. The molecule has 0 saturated carbocycles. The van der Waals surface area contributed by atoms with Gasteiger partial charge in [-0.2, -0.15) is 0 Å². The molecule has 0 aromatic rings. The Labute approximate surface area is 57.2 Å². The number of piperidine rings is 1. The molecule has 1 unspecified atom stereocenters. The molecule has 0 aliphatic carbocycles. The predicted molar refractivity (Wildman–Crippen MR) is 38.3 cm³/mol. The van der Waals surface area contributed by atoms with Gasteiger partial charge in [-0.25, -0.2) is 5.32 Å². The van der Waals surface area contributed by atoms with E-state index in [4.69, 9.17) is 0 Å². The highest BCUT2D eigenvalue weighted by atomic mass is 15.2. The Morgan fingerprint density at radius 1 is 1.44 bits per heavy atom. The van der Waals surface area contributed by atoms with Crippen molar-refractivity contribution in [1.29, 1.82) is 0 Å². The fraction of sp³-hybridized carbons (Fsp3) is 1.00. The molecule has 0 aromatic heterocycles. The van der Waals surface area contributed by atoms with Gasteiger partial charge in [-0.05, 0) is 32.9 Å². The maximum absolute atomic E-state index is 4.25. The summed E-state index contributed by atoms with van der Waals surface area (Å²) in [5, 5.41) is 4.25. The largest absolute Gasteiger partial charge is 0.290 e. The topological polar surface area (TPSA) is 17.3 Å². The molecule has 1 rings (SSSR count). The van der Waals surface area contributed by atoms with Crippen molar-refractivity contribution in [3.05, 3.63) is 0 Å². The van der Waals surface area contributed by atoms with Crippen molar-refractivity contribution in [1.82, 2.24) is 10.2 Å². The Balaban J connectivity index is 2.30. The Morgan fingerprint density at radius 2 is 2.22 bits per heavy atom. The van der Waals surface area contributed by atoms with E-state index >= 15 is 0 Å². The molecule has 0 amide bonds. The second-order valence-electron chi connectivity index (χ2n) is 2.72. The number of nitrogens with zero attached hydrogens (tertiary/aromatic N) is 2. The molecule has 1 saturated heterocycles. The Morgan fingerprint density at radius 3 is 2.67 bits per heavy atom. The molecule has 9 heavy (non-hydrogen) atoms. The van der Waals surface area contributed by atoms with Gasteiger partial charge in [0.25, 0.3) is 0 Å². The number of hydrogen-bond acceptors (Lipinski definition) is 1. The first-order chi connectivity index (χ1) is 4.34. The van der Waals surface area contributed by atoms with Crippen molar-refractivity contribution in [2.24, 2.45) is 0 Å². The molecule has 53 valence electrons. The molecule has 1 aliphatic heterocycles. The molecule has 2 nitrogen and oxygen atoms in total. The van der Waals surface area contributed by atoms with Crippen molar-refractivity contribution in [3.8, 4) is 0 Å². The van der Waals surface area contributed by atoms with Gasteiger partial charge in [0, 0.05) is 7.05 Å². The molecule has 1 atom stereocenters. The van der Waals surface area contributed by atoms with E-state index in [1.807, 2.05) is 7.05 Å². The van der Waals surface area contributed by atoms with Gasteiger partial charge < -0.3 is 0 Å². The summed E-state index contributed by atoms with van der Waals surface area (Å²) in [7, 11) is 4.06. The van der Waals surface area contributed by atoms with Crippen LogP contribution in [0.2, 0.25) is 0 Å². The second kappa shape index (κ2) is 3.18. The molecular weight excluding hydrogens is 112 g/mol. The lowest BCUT2D eigenvalue weighted by atomic mass is 10.1. The van der Waals surface area contributed by atoms with Crippen LogP contribution in [0, 0.1) is 0 Å². The second-order valence-corrected chi connectivity index (χ2v) is 2.72. The highest BCUT2D eigenvalue weighted by molar-refractivity contribution is 4.69. The predicted octanol–water partition coefficient (Wildman–Crippen LogP) is 0.662. The van der Waals surface area contributed by atoms with Crippen molar-refractivity contribution in [2.75, 3.05) is 20.6 Å². The molecule has 0 bridgehead atoms.